The number of benzene rings is 3. The van der Waals surface area contributed by atoms with Crippen molar-refractivity contribution in [3.05, 3.63) is 96.1 Å². The second kappa shape index (κ2) is 9.29. The van der Waals surface area contributed by atoms with Crippen molar-refractivity contribution in [2.45, 2.75) is 17.7 Å². The first-order valence-electron chi connectivity index (χ1n) is 10.3. The van der Waals surface area contributed by atoms with Crippen LogP contribution >= 0.6 is 0 Å². The molecule has 1 aliphatic rings. The average Bonchev–Trinajstić information content (AvgIpc) is 3.35. The van der Waals surface area contributed by atoms with E-state index >= 15 is 0 Å². The molecule has 0 aliphatic carbocycles. The van der Waals surface area contributed by atoms with Gasteiger partial charge in [0.15, 0.2) is 0 Å². The summed E-state index contributed by atoms with van der Waals surface area (Å²) >= 11 is 0. The minimum Gasteiger partial charge on any atom is -0.322 e. The molecular formula is C25H24N2O3S. The van der Waals surface area contributed by atoms with E-state index in [1.165, 1.54) is 4.31 Å². The molecule has 1 heterocycles. The molecule has 5 nitrogen and oxygen atoms in total. The van der Waals surface area contributed by atoms with E-state index in [2.05, 4.69) is 5.32 Å². The number of carbonyl (C=O) groups excluding carboxylic acids is 1. The van der Waals surface area contributed by atoms with E-state index in [0.717, 1.165) is 24.0 Å². The van der Waals surface area contributed by atoms with Gasteiger partial charge in [-0.15, -0.1) is 0 Å². The Balaban J connectivity index is 1.57. The van der Waals surface area contributed by atoms with Crippen molar-refractivity contribution in [3.63, 3.8) is 0 Å². The molecular weight excluding hydrogens is 408 g/mol. The van der Waals surface area contributed by atoms with E-state index in [1.807, 2.05) is 66.7 Å². The zero-order valence-corrected chi connectivity index (χ0v) is 17.9. The number of nitrogens with zero attached hydrogens (tertiary/aromatic N) is 1. The molecule has 0 saturated carbocycles. The molecule has 0 radical (unpaired) electrons. The van der Waals surface area contributed by atoms with Crippen molar-refractivity contribution in [2.24, 2.45) is 0 Å². The summed E-state index contributed by atoms with van der Waals surface area (Å²) in [6.45, 7) is 1.12. The number of sulfonamides is 1. The minimum absolute atomic E-state index is 0.246. The Morgan fingerprint density at radius 2 is 1.39 bits per heavy atom. The molecule has 0 bridgehead atoms. The smallest absolute Gasteiger partial charge is 0.256 e. The van der Waals surface area contributed by atoms with Gasteiger partial charge in [-0.25, -0.2) is 8.42 Å². The number of anilines is 1. The Morgan fingerprint density at radius 3 is 2.00 bits per heavy atom. The lowest BCUT2D eigenvalue weighted by Crippen LogP contribution is -2.27. The Bertz CT molecular complexity index is 1170. The molecule has 1 fully saturated rings. The lowest BCUT2D eigenvalue weighted by molar-refractivity contribution is -0.111. The highest BCUT2D eigenvalue weighted by Crippen LogP contribution is 2.24. The lowest BCUT2D eigenvalue weighted by atomic mass is 10.0. The summed E-state index contributed by atoms with van der Waals surface area (Å²) in [6.07, 6.45) is 3.63. The van der Waals surface area contributed by atoms with Gasteiger partial charge in [-0.1, -0.05) is 60.7 Å². The van der Waals surface area contributed by atoms with Crippen LogP contribution in [0.1, 0.15) is 24.0 Å². The van der Waals surface area contributed by atoms with E-state index in [1.54, 1.807) is 24.3 Å². The van der Waals surface area contributed by atoms with Crippen LogP contribution in [0.15, 0.2) is 89.8 Å². The van der Waals surface area contributed by atoms with Gasteiger partial charge in [0, 0.05) is 24.4 Å². The van der Waals surface area contributed by atoms with Crippen LogP contribution in [-0.2, 0) is 14.8 Å². The van der Waals surface area contributed by atoms with Gasteiger partial charge < -0.3 is 5.32 Å². The lowest BCUT2D eigenvalue weighted by Gasteiger charge is -2.16. The maximum atomic E-state index is 13.1. The Hall–Kier alpha value is -3.22. The molecule has 0 spiro atoms. The summed E-state index contributed by atoms with van der Waals surface area (Å²) in [4.78, 5) is 13.3. The van der Waals surface area contributed by atoms with Gasteiger partial charge in [-0.3, -0.25) is 4.79 Å². The fraction of sp³-hybridized carbons (Fsp3) is 0.160. The third-order valence-electron chi connectivity index (χ3n) is 5.25. The molecule has 6 heteroatoms. The van der Waals surface area contributed by atoms with E-state index < -0.39 is 10.0 Å². The number of hydrogen-bond acceptors (Lipinski definition) is 3. The standard InChI is InChI=1S/C25H24N2O3S/c28-25(24(21-11-5-2-6-12-21)19-20-9-3-1-4-10-20)26-22-13-15-23(16-14-22)31(29,30)27-17-7-8-18-27/h1-6,9-16,19H,7-8,17-18H2,(H,26,28). The maximum Gasteiger partial charge on any atom is 0.256 e. The third-order valence-corrected chi connectivity index (χ3v) is 7.17. The van der Waals surface area contributed by atoms with E-state index in [0.29, 0.717) is 24.4 Å². The molecule has 1 saturated heterocycles. The summed E-state index contributed by atoms with van der Waals surface area (Å²) < 4.78 is 26.9. The minimum atomic E-state index is -3.47. The zero-order chi connectivity index (χ0) is 21.7. The Labute approximate surface area is 183 Å². The molecule has 158 valence electrons. The molecule has 1 amide bonds. The molecule has 3 aromatic rings. The van der Waals surface area contributed by atoms with Gasteiger partial charge in [0.25, 0.3) is 5.91 Å². The second-order valence-electron chi connectivity index (χ2n) is 7.42. The highest BCUT2D eigenvalue weighted by molar-refractivity contribution is 7.89. The molecule has 3 aromatic carbocycles. The SMILES string of the molecule is O=C(Nc1ccc(S(=O)(=O)N2CCCC2)cc1)C(=Cc1ccccc1)c1ccccc1. The normalized spacial score (nSPS) is 15.0. The zero-order valence-electron chi connectivity index (χ0n) is 17.1. The van der Waals surface area contributed by atoms with Crippen molar-refractivity contribution in [1.29, 1.82) is 0 Å². The quantitative estimate of drug-likeness (QED) is 0.455. The second-order valence-corrected chi connectivity index (χ2v) is 9.36. The van der Waals surface area contributed by atoms with Crippen LogP contribution in [0.25, 0.3) is 11.6 Å². The van der Waals surface area contributed by atoms with Crippen LogP contribution in [0, 0.1) is 0 Å². The van der Waals surface area contributed by atoms with Crippen LogP contribution in [0.2, 0.25) is 0 Å². The number of carbonyl (C=O) groups is 1. The fourth-order valence-electron chi connectivity index (χ4n) is 3.60. The molecule has 0 atom stereocenters. The van der Waals surface area contributed by atoms with Crippen molar-refractivity contribution in [3.8, 4) is 0 Å². The predicted octanol–water partition coefficient (Wildman–Crippen LogP) is 4.65. The first-order valence-corrected chi connectivity index (χ1v) is 11.7. The summed E-state index contributed by atoms with van der Waals surface area (Å²) in [5, 5.41) is 2.89. The summed E-state index contributed by atoms with van der Waals surface area (Å²) in [5.41, 5.74) is 2.79. The number of nitrogens with one attached hydrogen (secondary N) is 1. The Morgan fingerprint density at radius 1 is 0.806 bits per heavy atom. The first-order chi connectivity index (χ1) is 15.0. The van der Waals surface area contributed by atoms with Crippen LogP contribution in [-0.4, -0.2) is 31.7 Å². The van der Waals surface area contributed by atoms with Gasteiger partial charge in [-0.2, -0.15) is 4.31 Å². The van der Waals surface area contributed by atoms with Gasteiger partial charge >= 0.3 is 0 Å². The van der Waals surface area contributed by atoms with Crippen molar-refractivity contribution in [2.75, 3.05) is 18.4 Å². The van der Waals surface area contributed by atoms with Crippen molar-refractivity contribution < 1.29 is 13.2 Å². The topological polar surface area (TPSA) is 66.5 Å². The molecule has 1 aliphatic heterocycles. The van der Waals surface area contributed by atoms with Crippen molar-refractivity contribution in [1.82, 2.24) is 4.31 Å². The fourth-order valence-corrected chi connectivity index (χ4v) is 5.12. The molecule has 4 rings (SSSR count). The van der Waals surface area contributed by atoms with Crippen LogP contribution in [0.4, 0.5) is 5.69 Å². The highest BCUT2D eigenvalue weighted by atomic mass is 32.2. The summed E-state index contributed by atoms with van der Waals surface area (Å²) in [6, 6.07) is 25.5. The van der Waals surface area contributed by atoms with Crippen LogP contribution in [0.3, 0.4) is 0 Å². The summed E-state index contributed by atoms with van der Waals surface area (Å²) in [7, 11) is -3.47. The van der Waals surface area contributed by atoms with E-state index in [4.69, 9.17) is 0 Å². The Kier molecular flexibility index (Phi) is 6.30. The van der Waals surface area contributed by atoms with Crippen molar-refractivity contribution >= 4 is 33.3 Å². The largest absolute Gasteiger partial charge is 0.322 e. The molecule has 0 unspecified atom stereocenters. The van der Waals surface area contributed by atoms with E-state index in [-0.39, 0.29) is 10.8 Å². The number of hydrogen-bond donors (Lipinski definition) is 1. The third kappa shape index (κ3) is 4.93. The highest BCUT2D eigenvalue weighted by Gasteiger charge is 2.27. The predicted molar refractivity (Wildman–Crippen MR) is 124 cm³/mol. The van der Waals surface area contributed by atoms with Crippen LogP contribution < -0.4 is 5.32 Å². The van der Waals surface area contributed by atoms with Gasteiger partial charge in [0.2, 0.25) is 10.0 Å². The number of rotatable bonds is 6. The van der Waals surface area contributed by atoms with Crippen LogP contribution in [0.5, 0.6) is 0 Å². The molecule has 0 aromatic heterocycles. The van der Waals surface area contributed by atoms with Gasteiger partial charge in [-0.05, 0) is 54.3 Å². The van der Waals surface area contributed by atoms with Gasteiger partial charge in [0.05, 0.1) is 4.90 Å². The van der Waals surface area contributed by atoms with E-state index in [9.17, 15) is 13.2 Å². The van der Waals surface area contributed by atoms with Gasteiger partial charge in [0.1, 0.15) is 0 Å². The molecule has 1 N–H and O–H groups in total. The first kappa shape index (κ1) is 21.0. The monoisotopic (exact) mass is 432 g/mol. The summed E-state index contributed by atoms with van der Waals surface area (Å²) in [5.74, 6) is -0.259. The average molecular weight is 433 g/mol. The maximum absolute atomic E-state index is 13.1. The molecule has 31 heavy (non-hydrogen) atoms. The number of amides is 1.